The lowest BCUT2D eigenvalue weighted by atomic mass is 10.0. The van der Waals surface area contributed by atoms with E-state index in [4.69, 9.17) is 0 Å². The maximum atomic E-state index is 14.1. The van der Waals surface area contributed by atoms with Gasteiger partial charge in [-0.15, -0.1) is 6.58 Å². The fraction of sp³-hybridized carbons (Fsp3) is 0.333. The maximum Gasteiger partial charge on any atom is 0.181 e. The van der Waals surface area contributed by atoms with Crippen molar-refractivity contribution in [1.29, 1.82) is 0 Å². The number of benzene rings is 2. The van der Waals surface area contributed by atoms with Gasteiger partial charge in [0.25, 0.3) is 0 Å². The van der Waals surface area contributed by atoms with Crippen molar-refractivity contribution >= 4 is 12.6 Å². The second kappa shape index (κ2) is 7.51. The summed E-state index contributed by atoms with van der Waals surface area (Å²) in [5.41, 5.74) is 2.21. The van der Waals surface area contributed by atoms with Crippen LogP contribution in [0.1, 0.15) is 45.7 Å². The highest BCUT2D eigenvalue weighted by Gasteiger charge is 2.39. The molecule has 0 bridgehead atoms. The summed E-state index contributed by atoms with van der Waals surface area (Å²) in [6.07, 6.45) is 0.761. The lowest BCUT2D eigenvalue weighted by molar-refractivity contribution is 0.525. The molecule has 0 aliphatic rings. The van der Waals surface area contributed by atoms with Crippen LogP contribution in [0.15, 0.2) is 72.8 Å². The molecule has 0 heterocycles. The van der Waals surface area contributed by atoms with E-state index in [-0.39, 0.29) is 11.2 Å². The average molecular weight is 341 g/mol. The van der Waals surface area contributed by atoms with Crippen molar-refractivity contribution in [3.05, 3.63) is 78.4 Å². The molecule has 3 heteroatoms. The highest BCUT2D eigenvalue weighted by Crippen LogP contribution is 2.55. The lowest BCUT2D eigenvalue weighted by Crippen LogP contribution is -2.34. The van der Waals surface area contributed by atoms with Gasteiger partial charge in [0.05, 0.1) is 0 Å². The molecule has 2 atom stereocenters. The van der Waals surface area contributed by atoms with E-state index in [1.165, 1.54) is 0 Å². The van der Waals surface area contributed by atoms with E-state index in [0.717, 1.165) is 22.9 Å². The van der Waals surface area contributed by atoms with Crippen molar-refractivity contribution in [2.45, 2.75) is 45.3 Å². The number of hydrogen-bond donors (Lipinski definition) is 1. The summed E-state index contributed by atoms with van der Waals surface area (Å²) in [7, 11) is -2.82. The van der Waals surface area contributed by atoms with Gasteiger partial charge in [-0.05, 0) is 18.9 Å². The van der Waals surface area contributed by atoms with Crippen molar-refractivity contribution in [2.75, 3.05) is 0 Å². The molecule has 2 rings (SSSR count). The fourth-order valence-electron chi connectivity index (χ4n) is 2.78. The van der Waals surface area contributed by atoms with E-state index in [2.05, 4.69) is 23.8 Å². The summed E-state index contributed by atoms with van der Waals surface area (Å²) in [5, 5.41) is 4.03. The average Bonchev–Trinajstić information content (AvgIpc) is 2.54. The van der Waals surface area contributed by atoms with Crippen LogP contribution in [-0.4, -0.2) is 5.16 Å². The Kier molecular flexibility index (Phi) is 5.85. The summed E-state index contributed by atoms with van der Waals surface area (Å²) < 4.78 is 14.1. The normalized spacial score (nSPS) is 15.5. The molecule has 24 heavy (non-hydrogen) atoms. The van der Waals surface area contributed by atoms with Crippen molar-refractivity contribution in [3.8, 4) is 0 Å². The van der Waals surface area contributed by atoms with Gasteiger partial charge in [0.15, 0.2) is 7.29 Å². The Balaban J connectivity index is 2.46. The van der Waals surface area contributed by atoms with Gasteiger partial charge in [0, 0.05) is 16.5 Å². The Hall–Kier alpha value is -1.63. The van der Waals surface area contributed by atoms with E-state index in [1.54, 1.807) is 0 Å². The number of nitrogens with one attached hydrogen (secondary N) is 1. The number of hydrogen-bond acceptors (Lipinski definition) is 1. The predicted octanol–water partition coefficient (Wildman–Crippen LogP) is 5.69. The van der Waals surface area contributed by atoms with Gasteiger partial charge in [0.1, 0.15) is 0 Å². The van der Waals surface area contributed by atoms with Crippen LogP contribution in [-0.2, 0) is 4.57 Å². The minimum Gasteiger partial charge on any atom is -0.301 e. The molecule has 0 aliphatic carbocycles. The molecule has 1 N–H and O–H groups in total. The predicted molar refractivity (Wildman–Crippen MR) is 105 cm³/mol. The molecule has 1 unspecified atom stereocenters. The zero-order chi connectivity index (χ0) is 17.8. The van der Waals surface area contributed by atoms with Crippen molar-refractivity contribution < 1.29 is 4.57 Å². The zero-order valence-corrected chi connectivity index (χ0v) is 16.0. The van der Waals surface area contributed by atoms with Gasteiger partial charge in [-0.2, -0.15) is 0 Å². The van der Waals surface area contributed by atoms with Crippen LogP contribution in [0.25, 0.3) is 0 Å². The third-order valence-electron chi connectivity index (χ3n) is 4.16. The molecule has 0 amide bonds. The Morgan fingerprint density at radius 1 is 1.04 bits per heavy atom. The Bertz CT molecular complexity index is 717. The molecule has 0 saturated heterocycles. The fourth-order valence-corrected chi connectivity index (χ4v) is 5.37. The molecule has 0 aromatic heterocycles. The third-order valence-corrected chi connectivity index (χ3v) is 7.75. The van der Waals surface area contributed by atoms with Gasteiger partial charge in [-0.25, -0.2) is 0 Å². The van der Waals surface area contributed by atoms with Gasteiger partial charge in [-0.1, -0.05) is 87.0 Å². The van der Waals surface area contributed by atoms with Crippen molar-refractivity contribution in [2.24, 2.45) is 0 Å². The second-order valence-corrected chi connectivity index (χ2v) is 10.7. The van der Waals surface area contributed by atoms with Crippen molar-refractivity contribution in [3.63, 3.8) is 0 Å². The van der Waals surface area contributed by atoms with E-state index in [0.29, 0.717) is 0 Å². The van der Waals surface area contributed by atoms with Crippen LogP contribution in [0.5, 0.6) is 0 Å². The van der Waals surface area contributed by atoms with Gasteiger partial charge in [-0.3, -0.25) is 5.09 Å². The lowest BCUT2D eigenvalue weighted by Gasteiger charge is -2.36. The third kappa shape index (κ3) is 4.26. The molecule has 0 radical (unpaired) electrons. The van der Waals surface area contributed by atoms with Crippen LogP contribution < -0.4 is 10.4 Å². The molecule has 0 spiro atoms. The first-order chi connectivity index (χ1) is 11.2. The van der Waals surface area contributed by atoms with Crippen molar-refractivity contribution in [1.82, 2.24) is 5.09 Å². The summed E-state index contributed by atoms with van der Waals surface area (Å²) in [4.78, 5) is 0. The molecule has 2 aromatic carbocycles. The second-order valence-electron chi connectivity index (χ2n) is 7.37. The van der Waals surface area contributed by atoms with E-state index < -0.39 is 7.29 Å². The quantitative estimate of drug-likeness (QED) is 0.540. The molecule has 0 fully saturated rings. The van der Waals surface area contributed by atoms with E-state index in [1.807, 2.05) is 76.2 Å². The Morgan fingerprint density at radius 2 is 1.54 bits per heavy atom. The first kappa shape index (κ1) is 18.7. The van der Waals surface area contributed by atoms with Gasteiger partial charge >= 0.3 is 0 Å². The summed E-state index contributed by atoms with van der Waals surface area (Å²) in [6, 6.07) is 20.0. The van der Waals surface area contributed by atoms with Crippen LogP contribution in [0.4, 0.5) is 0 Å². The van der Waals surface area contributed by atoms with Crippen LogP contribution in [0.3, 0.4) is 0 Å². The highest BCUT2D eigenvalue weighted by molar-refractivity contribution is 7.71. The first-order valence-electron chi connectivity index (χ1n) is 8.37. The molecular weight excluding hydrogens is 313 g/mol. The van der Waals surface area contributed by atoms with Gasteiger partial charge < -0.3 is 4.57 Å². The SMILES string of the molecule is C=C(C)C[C@@H](NP(=O)(c1ccccc1)C(C)(C)C)c1ccccc1. The van der Waals surface area contributed by atoms with E-state index >= 15 is 0 Å². The number of rotatable bonds is 6. The van der Waals surface area contributed by atoms with Gasteiger partial charge in [0.2, 0.25) is 0 Å². The Labute approximate surface area is 146 Å². The zero-order valence-electron chi connectivity index (χ0n) is 15.1. The first-order valence-corrected chi connectivity index (χ1v) is 10.1. The standard InChI is InChI=1S/C21H28NOP/c1-17(2)16-20(18-12-8-6-9-13-18)22-24(23,21(3,4)5)19-14-10-7-11-15-19/h6-15,20H,1,16H2,2-5H3,(H,22,23)/t20-,24?/m1/s1. The van der Waals surface area contributed by atoms with Crippen LogP contribution in [0.2, 0.25) is 0 Å². The minimum atomic E-state index is -2.82. The molecule has 2 nitrogen and oxygen atoms in total. The molecule has 0 saturated carbocycles. The highest BCUT2D eigenvalue weighted by atomic mass is 31.2. The van der Waals surface area contributed by atoms with Crippen LogP contribution >= 0.6 is 7.29 Å². The molecule has 128 valence electrons. The summed E-state index contributed by atoms with van der Waals surface area (Å²) >= 11 is 0. The maximum absolute atomic E-state index is 14.1. The minimum absolute atomic E-state index is 0.0195. The molecular formula is C21H28NOP. The summed E-state index contributed by atoms with van der Waals surface area (Å²) in [6.45, 7) is 12.2. The molecule has 2 aromatic rings. The topological polar surface area (TPSA) is 29.1 Å². The Morgan fingerprint density at radius 3 is 2.00 bits per heavy atom. The largest absolute Gasteiger partial charge is 0.301 e. The smallest absolute Gasteiger partial charge is 0.181 e. The molecule has 0 aliphatic heterocycles. The van der Waals surface area contributed by atoms with E-state index in [9.17, 15) is 4.57 Å². The van der Waals surface area contributed by atoms with Crippen LogP contribution in [0, 0.1) is 0 Å². The summed E-state index contributed by atoms with van der Waals surface area (Å²) in [5.74, 6) is 0. The monoisotopic (exact) mass is 341 g/mol.